The number of aromatic nitrogens is 1. The van der Waals surface area contributed by atoms with Gasteiger partial charge in [0.05, 0.1) is 10.9 Å². The molecule has 2 heterocycles. The van der Waals surface area contributed by atoms with Gasteiger partial charge in [-0.25, -0.2) is 0 Å². The van der Waals surface area contributed by atoms with Gasteiger partial charge in [0.2, 0.25) is 0 Å². The first-order valence-electron chi connectivity index (χ1n) is 8.78. The first-order chi connectivity index (χ1) is 12.0. The molecule has 0 radical (unpaired) electrons. The van der Waals surface area contributed by atoms with Crippen LogP contribution in [0.4, 0.5) is 0 Å². The largest absolute Gasteiger partial charge is 0.456 e. The van der Waals surface area contributed by atoms with Crippen LogP contribution in [0.2, 0.25) is 0 Å². The third-order valence-corrected chi connectivity index (χ3v) is 5.32. The van der Waals surface area contributed by atoms with Gasteiger partial charge in [0, 0.05) is 28.7 Å². The zero-order chi connectivity index (χ0) is 17.3. The summed E-state index contributed by atoms with van der Waals surface area (Å²) < 4.78 is 8.56. The molecule has 0 fully saturated rings. The second-order valence-corrected chi connectivity index (χ2v) is 7.95. The zero-order valence-corrected chi connectivity index (χ0v) is 15.1. The highest BCUT2D eigenvalue weighted by Crippen LogP contribution is 2.43. The molecule has 0 unspecified atom stereocenters. The Kier molecular flexibility index (Phi) is 2.72. The maximum absolute atomic E-state index is 6.23. The number of furan rings is 1. The zero-order valence-electron chi connectivity index (χ0n) is 15.1. The standard InChI is InChI=1S/C23H21NO/c1-23(2,3)16-13-19-21(15-10-6-8-12-18(15)25-19)22-20(16)14-9-5-7-11-17(14)24(22)4/h5-13H,1-4H3. The third-order valence-electron chi connectivity index (χ3n) is 5.32. The molecule has 0 bridgehead atoms. The highest BCUT2D eigenvalue weighted by molar-refractivity contribution is 6.25. The lowest BCUT2D eigenvalue weighted by atomic mass is 9.83. The molecule has 0 N–H and O–H groups in total. The Labute approximate surface area is 146 Å². The van der Waals surface area contributed by atoms with E-state index < -0.39 is 0 Å². The van der Waals surface area contributed by atoms with E-state index in [1.54, 1.807) is 0 Å². The Morgan fingerprint density at radius 3 is 2.24 bits per heavy atom. The lowest BCUT2D eigenvalue weighted by molar-refractivity contribution is 0.593. The van der Waals surface area contributed by atoms with Gasteiger partial charge in [-0.2, -0.15) is 0 Å². The van der Waals surface area contributed by atoms with Gasteiger partial charge in [0.1, 0.15) is 11.2 Å². The van der Waals surface area contributed by atoms with E-state index in [1.807, 2.05) is 6.07 Å². The summed E-state index contributed by atoms with van der Waals surface area (Å²) in [5, 5.41) is 5.08. The number of para-hydroxylation sites is 2. The summed E-state index contributed by atoms with van der Waals surface area (Å²) in [5.74, 6) is 0. The highest BCUT2D eigenvalue weighted by Gasteiger charge is 2.25. The van der Waals surface area contributed by atoms with Gasteiger partial charge in [-0.05, 0) is 29.2 Å². The van der Waals surface area contributed by atoms with Gasteiger partial charge in [0.25, 0.3) is 0 Å². The van der Waals surface area contributed by atoms with Crippen LogP contribution < -0.4 is 0 Å². The minimum Gasteiger partial charge on any atom is -0.456 e. The number of hydrogen-bond acceptors (Lipinski definition) is 1. The molecule has 0 amide bonds. The summed E-state index contributed by atoms with van der Waals surface area (Å²) >= 11 is 0. The van der Waals surface area contributed by atoms with Gasteiger partial charge in [0.15, 0.2) is 0 Å². The molecule has 5 aromatic rings. The molecule has 5 rings (SSSR count). The molecule has 3 aromatic carbocycles. The molecule has 0 aliphatic carbocycles. The summed E-state index contributed by atoms with van der Waals surface area (Å²) in [4.78, 5) is 0. The highest BCUT2D eigenvalue weighted by atomic mass is 16.3. The van der Waals surface area contributed by atoms with Crippen molar-refractivity contribution in [2.75, 3.05) is 0 Å². The third kappa shape index (κ3) is 1.85. The average Bonchev–Trinajstić information content (AvgIpc) is 3.10. The van der Waals surface area contributed by atoms with Crippen LogP contribution in [-0.2, 0) is 12.5 Å². The fraction of sp³-hybridized carbons (Fsp3) is 0.217. The number of rotatable bonds is 0. The normalized spacial score (nSPS) is 12.8. The van der Waals surface area contributed by atoms with Gasteiger partial charge in [-0.1, -0.05) is 57.2 Å². The van der Waals surface area contributed by atoms with Gasteiger partial charge in [-0.3, -0.25) is 0 Å². The Balaban J connectivity index is 2.18. The lowest BCUT2D eigenvalue weighted by Crippen LogP contribution is -2.11. The molecule has 0 saturated heterocycles. The number of aryl methyl sites for hydroxylation is 1. The summed E-state index contributed by atoms with van der Waals surface area (Å²) in [6.45, 7) is 6.83. The molecule has 124 valence electrons. The first-order valence-corrected chi connectivity index (χ1v) is 8.78. The van der Waals surface area contributed by atoms with Crippen molar-refractivity contribution < 1.29 is 4.42 Å². The molecular formula is C23H21NO. The second kappa shape index (κ2) is 4.66. The molecule has 2 aromatic heterocycles. The molecule has 2 nitrogen and oxygen atoms in total. The van der Waals surface area contributed by atoms with Crippen LogP contribution in [0.1, 0.15) is 26.3 Å². The topological polar surface area (TPSA) is 18.1 Å². The van der Waals surface area contributed by atoms with E-state index in [2.05, 4.69) is 80.9 Å². The SMILES string of the molecule is Cn1c2ccccc2c2c(C(C)(C)C)cc3oc4ccccc4c3c21. The van der Waals surface area contributed by atoms with Gasteiger partial charge < -0.3 is 8.98 Å². The molecule has 25 heavy (non-hydrogen) atoms. The van der Waals surface area contributed by atoms with Crippen molar-refractivity contribution in [2.45, 2.75) is 26.2 Å². The Hall–Kier alpha value is -2.74. The summed E-state index contributed by atoms with van der Waals surface area (Å²) in [5.41, 5.74) is 5.84. The van der Waals surface area contributed by atoms with Gasteiger partial charge in [-0.15, -0.1) is 0 Å². The first kappa shape index (κ1) is 14.6. The van der Waals surface area contributed by atoms with E-state index in [0.717, 1.165) is 11.2 Å². The number of benzene rings is 3. The van der Waals surface area contributed by atoms with E-state index >= 15 is 0 Å². The van der Waals surface area contributed by atoms with Crippen LogP contribution in [0.15, 0.2) is 59.0 Å². The van der Waals surface area contributed by atoms with E-state index in [-0.39, 0.29) is 5.41 Å². The fourth-order valence-electron chi connectivity index (χ4n) is 4.16. The van der Waals surface area contributed by atoms with Gasteiger partial charge >= 0.3 is 0 Å². The van der Waals surface area contributed by atoms with Crippen LogP contribution in [0.3, 0.4) is 0 Å². The quantitative estimate of drug-likeness (QED) is 0.316. The minimum atomic E-state index is 0.0372. The van der Waals surface area contributed by atoms with Crippen LogP contribution in [0, 0.1) is 0 Å². The van der Waals surface area contributed by atoms with Crippen LogP contribution >= 0.6 is 0 Å². The number of fused-ring (bicyclic) bond motifs is 7. The summed E-state index contributed by atoms with van der Waals surface area (Å²) in [7, 11) is 2.16. The van der Waals surface area contributed by atoms with Crippen molar-refractivity contribution in [1.29, 1.82) is 0 Å². The van der Waals surface area contributed by atoms with Crippen molar-refractivity contribution in [3.63, 3.8) is 0 Å². The lowest BCUT2D eigenvalue weighted by Gasteiger charge is -2.21. The molecule has 0 saturated carbocycles. The molecule has 0 aliphatic rings. The molecule has 2 heteroatoms. The van der Waals surface area contributed by atoms with Crippen molar-refractivity contribution in [3.05, 3.63) is 60.2 Å². The van der Waals surface area contributed by atoms with Crippen LogP contribution in [0.25, 0.3) is 43.7 Å². The maximum Gasteiger partial charge on any atom is 0.137 e. The maximum atomic E-state index is 6.23. The monoisotopic (exact) mass is 327 g/mol. The number of nitrogens with zero attached hydrogens (tertiary/aromatic N) is 1. The Morgan fingerprint density at radius 2 is 1.48 bits per heavy atom. The Morgan fingerprint density at radius 1 is 0.800 bits per heavy atom. The van der Waals surface area contributed by atoms with Crippen molar-refractivity contribution in [1.82, 2.24) is 4.57 Å². The van der Waals surface area contributed by atoms with Crippen LogP contribution in [-0.4, -0.2) is 4.57 Å². The van der Waals surface area contributed by atoms with E-state index in [4.69, 9.17) is 4.42 Å². The molecule has 0 atom stereocenters. The smallest absolute Gasteiger partial charge is 0.137 e. The number of hydrogen-bond donors (Lipinski definition) is 0. The average molecular weight is 327 g/mol. The Bertz CT molecular complexity index is 1280. The van der Waals surface area contributed by atoms with E-state index in [9.17, 15) is 0 Å². The second-order valence-electron chi connectivity index (χ2n) is 7.95. The van der Waals surface area contributed by atoms with E-state index in [0.29, 0.717) is 0 Å². The van der Waals surface area contributed by atoms with Crippen molar-refractivity contribution >= 4 is 43.7 Å². The van der Waals surface area contributed by atoms with Crippen LogP contribution in [0.5, 0.6) is 0 Å². The fourth-order valence-corrected chi connectivity index (χ4v) is 4.16. The molecular weight excluding hydrogens is 306 g/mol. The minimum absolute atomic E-state index is 0.0372. The van der Waals surface area contributed by atoms with Crippen molar-refractivity contribution in [3.8, 4) is 0 Å². The summed E-state index contributed by atoms with van der Waals surface area (Å²) in [6.07, 6.45) is 0. The molecule has 0 spiro atoms. The molecule has 0 aliphatic heterocycles. The van der Waals surface area contributed by atoms with Crippen molar-refractivity contribution in [2.24, 2.45) is 7.05 Å². The predicted octanol–water partition coefficient (Wildman–Crippen LogP) is 6.53. The van der Waals surface area contributed by atoms with E-state index in [1.165, 1.54) is 38.1 Å². The predicted molar refractivity (Wildman–Crippen MR) is 106 cm³/mol. The summed E-state index contributed by atoms with van der Waals surface area (Å²) in [6, 6.07) is 19.3.